The summed E-state index contributed by atoms with van der Waals surface area (Å²) in [6.07, 6.45) is 2.68. The summed E-state index contributed by atoms with van der Waals surface area (Å²) in [7, 11) is 0. The van der Waals surface area contributed by atoms with Crippen molar-refractivity contribution in [1.82, 2.24) is 10.2 Å². The maximum absolute atomic E-state index is 13.1. The monoisotopic (exact) mass is 204 g/mol. The van der Waals surface area contributed by atoms with Crippen molar-refractivity contribution in [2.75, 3.05) is 0 Å². The van der Waals surface area contributed by atoms with Gasteiger partial charge in [0.1, 0.15) is 5.83 Å². The summed E-state index contributed by atoms with van der Waals surface area (Å²) in [5.74, 6) is 0.189. The van der Waals surface area contributed by atoms with Gasteiger partial charge in [-0.1, -0.05) is 18.2 Å². The van der Waals surface area contributed by atoms with Crippen molar-refractivity contribution in [1.29, 1.82) is 0 Å². The Kier molecular flexibility index (Phi) is 2.58. The summed E-state index contributed by atoms with van der Waals surface area (Å²) in [5.41, 5.74) is 1.32. The van der Waals surface area contributed by atoms with Crippen molar-refractivity contribution >= 4 is 5.83 Å². The number of nitrogens with zero attached hydrogens (tertiary/aromatic N) is 2. The van der Waals surface area contributed by atoms with Crippen molar-refractivity contribution < 1.29 is 8.81 Å². The molecule has 15 heavy (non-hydrogen) atoms. The van der Waals surface area contributed by atoms with Gasteiger partial charge in [-0.2, -0.15) is 0 Å². The largest absolute Gasteiger partial charge is 0.423 e. The molecule has 0 amide bonds. The van der Waals surface area contributed by atoms with Crippen molar-refractivity contribution in [3.63, 3.8) is 0 Å². The Hall–Kier alpha value is -1.97. The third kappa shape index (κ3) is 1.93. The first-order valence-corrected chi connectivity index (χ1v) is 4.50. The van der Waals surface area contributed by atoms with Crippen LogP contribution in [0.4, 0.5) is 4.39 Å². The standard InChI is InChI=1S/C11H9FN2O/c1-2-10(12)8-3-5-9(6-4-8)11-14-13-7-15-11/h2-7H,1H3/b10-2-. The molecule has 0 N–H and O–H groups in total. The van der Waals surface area contributed by atoms with E-state index in [4.69, 9.17) is 4.42 Å². The van der Waals surface area contributed by atoms with Crippen LogP contribution in [0.2, 0.25) is 0 Å². The highest BCUT2D eigenvalue weighted by molar-refractivity contribution is 5.63. The van der Waals surface area contributed by atoms with Gasteiger partial charge in [0, 0.05) is 11.1 Å². The van der Waals surface area contributed by atoms with E-state index in [2.05, 4.69) is 10.2 Å². The van der Waals surface area contributed by atoms with Crippen LogP contribution in [0.15, 0.2) is 41.2 Å². The minimum absolute atomic E-state index is 0.243. The summed E-state index contributed by atoms with van der Waals surface area (Å²) in [5, 5.41) is 7.33. The number of hydrogen-bond donors (Lipinski definition) is 0. The van der Waals surface area contributed by atoms with Gasteiger partial charge in [-0.15, -0.1) is 10.2 Å². The molecule has 2 rings (SSSR count). The van der Waals surface area contributed by atoms with Crippen LogP contribution < -0.4 is 0 Å². The Bertz CT molecular complexity index is 460. The Labute approximate surface area is 86.3 Å². The van der Waals surface area contributed by atoms with Crippen molar-refractivity contribution in [3.05, 3.63) is 42.3 Å². The first-order chi connectivity index (χ1) is 7.31. The quantitative estimate of drug-likeness (QED) is 0.754. The molecule has 0 atom stereocenters. The predicted molar refractivity (Wildman–Crippen MR) is 54.5 cm³/mol. The number of allylic oxidation sites excluding steroid dienone is 1. The third-order valence-corrected chi connectivity index (χ3v) is 2.02. The van der Waals surface area contributed by atoms with Crippen LogP contribution in [0.5, 0.6) is 0 Å². The Morgan fingerprint density at radius 2 is 2.07 bits per heavy atom. The zero-order valence-corrected chi connectivity index (χ0v) is 8.14. The summed E-state index contributed by atoms with van der Waals surface area (Å²) in [6.45, 7) is 1.65. The summed E-state index contributed by atoms with van der Waals surface area (Å²) >= 11 is 0. The van der Waals surface area contributed by atoms with E-state index >= 15 is 0 Å². The third-order valence-electron chi connectivity index (χ3n) is 2.02. The van der Waals surface area contributed by atoms with Gasteiger partial charge in [0.2, 0.25) is 12.3 Å². The van der Waals surface area contributed by atoms with Gasteiger partial charge in [0.15, 0.2) is 0 Å². The number of hydrogen-bond acceptors (Lipinski definition) is 3. The Morgan fingerprint density at radius 3 is 2.60 bits per heavy atom. The topological polar surface area (TPSA) is 38.9 Å². The van der Waals surface area contributed by atoms with E-state index < -0.39 is 0 Å². The molecule has 2 aromatic rings. The molecule has 3 nitrogen and oxygen atoms in total. The molecule has 0 radical (unpaired) electrons. The van der Waals surface area contributed by atoms with Gasteiger partial charge in [-0.05, 0) is 19.1 Å². The maximum atomic E-state index is 13.1. The highest BCUT2D eigenvalue weighted by atomic mass is 19.1. The predicted octanol–water partition coefficient (Wildman–Crippen LogP) is 3.07. The van der Waals surface area contributed by atoms with E-state index in [1.165, 1.54) is 12.5 Å². The maximum Gasteiger partial charge on any atom is 0.247 e. The fraction of sp³-hybridized carbons (Fsp3) is 0.0909. The zero-order chi connectivity index (χ0) is 10.7. The van der Waals surface area contributed by atoms with Gasteiger partial charge in [0.25, 0.3) is 0 Å². The lowest BCUT2D eigenvalue weighted by atomic mass is 10.1. The number of aromatic nitrogens is 2. The molecule has 0 unspecified atom stereocenters. The Balaban J connectivity index is 2.33. The van der Waals surface area contributed by atoms with Crippen LogP contribution >= 0.6 is 0 Å². The minimum Gasteiger partial charge on any atom is -0.423 e. The first kappa shape index (κ1) is 9.58. The van der Waals surface area contributed by atoms with Crippen LogP contribution in [0, 0.1) is 0 Å². The second-order valence-corrected chi connectivity index (χ2v) is 2.96. The summed E-state index contributed by atoms with van der Waals surface area (Å²) < 4.78 is 18.2. The number of benzene rings is 1. The highest BCUT2D eigenvalue weighted by Crippen LogP contribution is 2.21. The fourth-order valence-corrected chi connectivity index (χ4v) is 1.24. The van der Waals surface area contributed by atoms with Gasteiger partial charge in [-0.25, -0.2) is 4.39 Å². The molecule has 0 spiro atoms. The number of halogens is 1. The van der Waals surface area contributed by atoms with Gasteiger partial charge in [-0.3, -0.25) is 0 Å². The minimum atomic E-state index is -0.243. The van der Waals surface area contributed by atoms with Gasteiger partial charge < -0.3 is 4.42 Å². The SMILES string of the molecule is C/C=C(\F)c1ccc(-c2nnco2)cc1. The average Bonchev–Trinajstić information content (AvgIpc) is 2.82. The van der Waals surface area contributed by atoms with E-state index in [0.717, 1.165) is 5.56 Å². The molecule has 76 valence electrons. The molecule has 4 heteroatoms. The fourth-order valence-electron chi connectivity index (χ4n) is 1.24. The first-order valence-electron chi connectivity index (χ1n) is 4.50. The molecule has 0 aliphatic rings. The molecule has 1 aromatic carbocycles. The zero-order valence-electron chi connectivity index (χ0n) is 8.14. The van der Waals surface area contributed by atoms with Gasteiger partial charge >= 0.3 is 0 Å². The van der Waals surface area contributed by atoms with E-state index in [1.54, 1.807) is 31.2 Å². The molecule has 0 fully saturated rings. The lowest BCUT2D eigenvalue weighted by Gasteiger charge is -1.98. The molecule has 1 aromatic heterocycles. The van der Waals surface area contributed by atoms with Crippen molar-refractivity contribution in [3.8, 4) is 11.5 Å². The van der Waals surface area contributed by atoms with Crippen LogP contribution in [-0.4, -0.2) is 10.2 Å². The Morgan fingerprint density at radius 1 is 1.33 bits per heavy atom. The lowest BCUT2D eigenvalue weighted by Crippen LogP contribution is -1.81. The van der Waals surface area contributed by atoms with Crippen LogP contribution in [-0.2, 0) is 0 Å². The lowest BCUT2D eigenvalue weighted by molar-refractivity contribution is 0.568. The molecule has 0 bridgehead atoms. The normalized spacial score (nSPS) is 11.7. The van der Waals surface area contributed by atoms with Crippen molar-refractivity contribution in [2.45, 2.75) is 6.92 Å². The molecular weight excluding hydrogens is 195 g/mol. The van der Waals surface area contributed by atoms with Gasteiger partial charge in [0.05, 0.1) is 0 Å². The number of rotatable bonds is 2. The molecule has 0 saturated carbocycles. The van der Waals surface area contributed by atoms with E-state index in [-0.39, 0.29) is 5.83 Å². The molecule has 0 aliphatic carbocycles. The highest BCUT2D eigenvalue weighted by Gasteiger charge is 2.04. The second-order valence-electron chi connectivity index (χ2n) is 2.96. The molecule has 0 aliphatic heterocycles. The molecular formula is C11H9FN2O. The van der Waals surface area contributed by atoms with Crippen LogP contribution in [0.3, 0.4) is 0 Å². The average molecular weight is 204 g/mol. The second kappa shape index (κ2) is 4.04. The van der Waals surface area contributed by atoms with E-state index in [1.807, 2.05) is 0 Å². The van der Waals surface area contributed by atoms with E-state index in [0.29, 0.717) is 11.5 Å². The van der Waals surface area contributed by atoms with Crippen molar-refractivity contribution in [2.24, 2.45) is 0 Å². The van der Waals surface area contributed by atoms with Crippen LogP contribution in [0.25, 0.3) is 17.3 Å². The smallest absolute Gasteiger partial charge is 0.247 e. The van der Waals surface area contributed by atoms with Crippen LogP contribution in [0.1, 0.15) is 12.5 Å². The summed E-state index contributed by atoms with van der Waals surface area (Å²) in [4.78, 5) is 0. The summed E-state index contributed by atoms with van der Waals surface area (Å²) in [6, 6.07) is 6.83. The van der Waals surface area contributed by atoms with E-state index in [9.17, 15) is 4.39 Å². The molecule has 1 heterocycles. The molecule has 0 saturated heterocycles.